The molecule has 0 amide bonds. The van der Waals surface area contributed by atoms with Crippen molar-refractivity contribution >= 4 is 5.78 Å². The first-order chi connectivity index (χ1) is 8.15. The van der Waals surface area contributed by atoms with Crippen molar-refractivity contribution in [3.63, 3.8) is 0 Å². The van der Waals surface area contributed by atoms with Crippen LogP contribution in [0.15, 0.2) is 18.2 Å². The third kappa shape index (κ3) is 3.35. The van der Waals surface area contributed by atoms with Crippen LogP contribution in [0.5, 0.6) is 0 Å². The van der Waals surface area contributed by atoms with E-state index in [-0.39, 0.29) is 17.8 Å². The Labute approximate surface area is 99.8 Å². The molecule has 0 heterocycles. The average molecular weight is 238 g/mol. The van der Waals surface area contributed by atoms with Gasteiger partial charge in [0.1, 0.15) is 17.4 Å². The molecule has 92 valence electrons. The van der Waals surface area contributed by atoms with Gasteiger partial charge in [0, 0.05) is 12.8 Å². The Balaban J connectivity index is 1.95. The smallest absolute Gasteiger partial charge is 0.137 e. The van der Waals surface area contributed by atoms with Crippen LogP contribution < -0.4 is 0 Å². The molecule has 0 radical (unpaired) electrons. The summed E-state index contributed by atoms with van der Waals surface area (Å²) in [5, 5.41) is 0. The van der Waals surface area contributed by atoms with Crippen molar-refractivity contribution < 1.29 is 13.6 Å². The Bertz CT molecular complexity index is 409. The lowest BCUT2D eigenvalue weighted by Gasteiger charge is -2.08. The SMILES string of the molecule is O=C(Cc1cc(F)ccc1F)CC1CCCC1. The predicted molar refractivity (Wildman–Crippen MR) is 61.6 cm³/mol. The number of hydrogen-bond donors (Lipinski definition) is 0. The van der Waals surface area contributed by atoms with E-state index in [0.29, 0.717) is 12.3 Å². The van der Waals surface area contributed by atoms with Crippen molar-refractivity contribution in [3.05, 3.63) is 35.4 Å². The lowest BCUT2D eigenvalue weighted by molar-refractivity contribution is -0.119. The fourth-order valence-corrected chi connectivity index (χ4v) is 2.50. The van der Waals surface area contributed by atoms with E-state index in [2.05, 4.69) is 0 Å². The lowest BCUT2D eigenvalue weighted by atomic mass is 9.97. The minimum atomic E-state index is -0.494. The van der Waals surface area contributed by atoms with Crippen LogP contribution in [0, 0.1) is 17.6 Å². The summed E-state index contributed by atoms with van der Waals surface area (Å²) in [4.78, 5) is 11.7. The molecule has 0 atom stereocenters. The van der Waals surface area contributed by atoms with E-state index in [1.807, 2.05) is 0 Å². The molecule has 1 aliphatic carbocycles. The first-order valence-corrected chi connectivity index (χ1v) is 6.11. The summed E-state index contributed by atoms with van der Waals surface area (Å²) in [6.07, 6.45) is 5.09. The fraction of sp³-hybridized carbons (Fsp3) is 0.500. The van der Waals surface area contributed by atoms with Gasteiger partial charge in [0.25, 0.3) is 0 Å². The molecule has 17 heavy (non-hydrogen) atoms. The molecule has 1 aromatic carbocycles. The summed E-state index contributed by atoms with van der Waals surface area (Å²) >= 11 is 0. The Hall–Kier alpha value is -1.25. The van der Waals surface area contributed by atoms with Crippen LogP contribution >= 0.6 is 0 Å². The standard InChI is InChI=1S/C14H16F2O/c15-12-5-6-14(16)11(8-12)9-13(17)7-10-3-1-2-4-10/h5-6,8,10H,1-4,7,9H2. The molecule has 2 rings (SSSR count). The molecule has 0 aliphatic heterocycles. The number of carbonyl (C=O) groups is 1. The van der Waals surface area contributed by atoms with Gasteiger partial charge >= 0.3 is 0 Å². The highest BCUT2D eigenvalue weighted by Gasteiger charge is 2.19. The highest BCUT2D eigenvalue weighted by Crippen LogP contribution is 2.28. The number of ketones is 1. The number of Topliss-reactive ketones (excluding diaryl/α,β-unsaturated/α-hetero) is 1. The topological polar surface area (TPSA) is 17.1 Å². The van der Waals surface area contributed by atoms with E-state index in [1.165, 1.54) is 12.8 Å². The normalized spacial score (nSPS) is 16.4. The monoisotopic (exact) mass is 238 g/mol. The lowest BCUT2D eigenvalue weighted by Crippen LogP contribution is -2.09. The molecule has 0 bridgehead atoms. The van der Waals surface area contributed by atoms with Crippen molar-refractivity contribution in [2.75, 3.05) is 0 Å². The van der Waals surface area contributed by atoms with Crippen LogP contribution in [0.25, 0.3) is 0 Å². The molecule has 1 saturated carbocycles. The maximum Gasteiger partial charge on any atom is 0.137 e. The van der Waals surface area contributed by atoms with Gasteiger partial charge in [-0.3, -0.25) is 4.79 Å². The summed E-state index contributed by atoms with van der Waals surface area (Å²) in [6.45, 7) is 0. The molecule has 1 aliphatic rings. The van der Waals surface area contributed by atoms with Crippen molar-refractivity contribution in [1.29, 1.82) is 0 Å². The van der Waals surface area contributed by atoms with Crippen molar-refractivity contribution in [2.45, 2.75) is 38.5 Å². The van der Waals surface area contributed by atoms with Crippen molar-refractivity contribution in [3.8, 4) is 0 Å². The van der Waals surface area contributed by atoms with Gasteiger partial charge in [-0.15, -0.1) is 0 Å². The molecular formula is C14H16F2O. The average Bonchev–Trinajstić information content (AvgIpc) is 2.76. The van der Waals surface area contributed by atoms with Gasteiger partial charge in [-0.2, -0.15) is 0 Å². The molecule has 1 aromatic rings. The number of benzene rings is 1. The van der Waals surface area contributed by atoms with Crippen LogP contribution in [0.2, 0.25) is 0 Å². The molecule has 0 unspecified atom stereocenters. The summed E-state index contributed by atoms with van der Waals surface area (Å²) in [5.74, 6) is -0.512. The molecular weight excluding hydrogens is 222 g/mol. The fourth-order valence-electron chi connectivity index (χ4n) is 2.50. The summed E-state index contributed by atoms with van der Waals surface area (Å²) in [7, 11) is 0. The number of carbonyl (C=O) groups excluding carboxylic acids is 1. The second-order valence-electron chi connectivity index (χ2n) is 4.81. The maximum atomic E-state index is 13.3. The van der Waals surface area contributed by atoms with E-state index < -0.39 is 11.6 Å². The second-order valence-corrected chi connectivity index (χ2v) is 4.81. The van der Waals surface area contributed by atoms with Gasteiger partial charge in [0.2, 0.25) is 0 Å². The van der Waals surface area contributed by atoms with Gasteiger partial charge in [-0.25, -0.2) is 8.78 Å². The third-order valence-electron chi connectivity index (χ3n) is 3.39. The van der Waals surface area contributed by atoms with Crippen LogP contribution in [-0.4, -0.2) is 5.78 Å². The van der Waals surface area contributed by atoms with E-state index in [4.69, 9.17) is 0 Å². The van der Waals surface area contributed by atoms with E-state index in [0.717, 1.165) is 31.0 Å². The summed E-state index contributed by atoms with van der Waals surface area (Å²) in [6, 6.07) is 3.26. The van der Waals surface area contributed by atoms with Crippen LogP contribution in [0.4, 0.5) is 8.78 Å². The maximum absolute atomic E-state index is 13.3. The van der Waals surface area contributed by atoms with E-state index in [1.54, 1.807) is 0 Å². The Kier molecular flexibility index (Phi) is 3.87. The quantitative estimate of drug-likeness (QED) is 0.782. The Morgan fingerprint density at radius 2 is 1.94 bits per heavy atom. The molecule has 0 aromatic heterocycles. The molecule has 0 spiro atoms. The first kappa shape index (κ1) is 12.2. The zero-order chi connectivity index (χ0) is 12.3. The molecule has 3 heteroatoms. The highest BCUT2D eigenvalue weighted by molar-refractivity contribution is 5.81. The summed E-state index contributed by atoms with van der Waals surface area (Å²) < 4.78 is 26.2. The van der Waals surface area contributed by atoms with Gasteiger partial charge < -0.3 is 0 Å². The molecule has 0 N–H and O–H groups in total. The van der Waals surface area contributed by atoms with Gasteiger partial charge in [-0.1, -0.05) is 25.7 Å². The van der Waals surface area contributed by atoms with Crippen LogP contribution in [0.1, 0.15) is 37.7 Å². The second kappa shape index (κ2) is 5.39. The molecule has 1 nitrogen and oxygen atoms in total. The minimum absolute atomic E-state index is 0.0140. The molecule has 1 fully saturated rings. The number of rotatable bonds is 4. The van der Waals surface area contributed by atoms with Crippen molar-refractivity contribution in [2.24, 2.45) is 5.92 Å². The zero-order valence-electron chi connectivity index (χ0n) is 9.72. The van der Waals surface area contributed by atoms with Gasteiger partial charge in [0.05, 0.1) is 0 Å². The zero-order valence-corrected chi connectivity index (χ0v) is 9.72. The number of halogens is 2. The Morgan fingerprint density at radius 1 is 1.24 bits per heavy atom. The summed E-state index contributed by atoms with van der Waals surface area (Å²) in [5.41, 5.74) is 0.174. The van der Waals surface area contributed by atoms with Crippen LogP contribution in [-0.2, 0) is 11.2 Å². The Morgan fingerprint density at radius 3 is 2.65 bits per heavy atom. The van der Waals surface area contributed by atoms with Crippen LogP contribution in [0.3, 0.4) is 0 Å². The van der Waals surface area contributed by atoms with E-state index >= 15 is 0 Å². The largest absolute Gasteiger partial charge is 0.299 e. The highest BCUT2D eigenvalue weighted by atomic mass is 19.1. The van der Waals surface area contributed by atoms with E-state index in [9.17, 15) is 13.6 Å². The van der Waals surface area contributed by atoms with Crippen molar-refractivity contribution in [1.82, 2.24) is 0 Å². The number of hydrogen-bond acceptors (Lipinski definition) is 1. The molecule has 0 saturated heterocycles. The minimum Gasteiger partial charge on any atom is -0.299 e. The first-order valence-electron chi connectivity index (χ1n) is 6.11. The third-order valence-corrected chi connectivity index (χ3v) is 3.39. The van der Waals surface area contributed by atoms with Gasteiger partial charge in [0.15, 0.2) is 0 Å². The predicted octanol–water partition coefficient (Wildman–Crippen LogP) is 3.66. The van der Waals surface area contributed by atoms with Gasteiger partial charge in [-0.05, 0) is 29.7 Å².